The molecule has 0 saturated heterocycles. The van der Waals surface area contributed by atoms with Gasteiger partial charge >= 0.3 is 0 Å². The number of halogens is 1. The molecule has 2 aromatic carbocycles. The Morgan fingerprint density at radius 2 is 1.87 bits per heavy atom. The normalized spacial score (nSPS) is 10.2. The van der Waals surface area contributed by atoms with E-state index in [4.69, 9.17) is 23.8 Å². The molecule has 0 saturated carbocycles. The monoisotopic (exact) mass is 346 g/mol. The second kappa shape index (κ2) is 8.09. The number of hydrogen-bond acceptors (Lipinski definition) is 2. The Morgan fingerprint density at radius 1 is 1.13 bits per heavy atom. The third kappa shape index (κ3) is 5.05. The van der Waals surface area contributed by atoms with Gasteiger partial charge in [-0.15, -0.1) is 0 Å². The number of nitrogens with one attached hydrogen (secondary N) is 2. The topological polar surface area (TPSA) is 41.1 Å². The fourth-order valence-corrected chi connectivity index (χ4v) is 2.63. The van der Waals surface area contributed by atoms with Gasteiger partial charge in [-0.1, -0.05) is 41.9 Å². The second-order valence-corrected chi connectivity index (χ2v) is 6.16. The summed E-state index contributed by atoms with van der Waals surface area (Å²) in [6, 6.07) is 13.4. The summed E-state index contributed by atoms with van der Waals surface area (Å²) in [5, 5.41) is 6.75. The fourth-order valence-electron chi connectivity index (χ4n) is 2.18. The maximum atomic E-state index is 12.0. The molecule has 5 heteroatoms. The molecule has 0 aromatic heterocycles. The van der Waals surface area contributed by atoms with Gasteiger partial charge in [0.25, 0.3) is 0 Å². The van der Waals surface area contributed by atoms with Crippen LogP contribution >= 0.6 is 23.8 Å². The van der Waals surface area contributed by atoms with Gasteiger partial charge in [0.1, 0.15) is 0 Å². The number of benzene rings is 2. The zero-order valence-corrected chi connectivity index (χ0v) is 14.7. The molecule has 2 N–H and O–H groups in total. The highest BCUT2D eigenvalue weighted by Crippen LogP contribution is 2.18. The molecule has 0 aliphatic carbocycles. The smallest absolute Gasteiger partial charge is 0.226 e. The fraction of sp³-hybridized carbons (Fsp3) is 0.222. The number of aryl methyl sites for hydroxylation is 2. The number of amides is 1. The van der Waals surface area contributed by atoms with Gasteiger partial charge in [-0.05, 0) is 61.3 Å². The van der Waals surface area contributed by atoms with Crippen LogP contribution in [0.15, 0.2) is 42.5 Å². The second-order valence-electron chi connectivity index (χ2n) is 5.34. The van der Waals surface area contributed by atoms with Crippen molar-refractivity contribution in [2.45, 2.75) is 26.7 Å². The van der Waals surface area contributed by atoms with Crippen LogP contribution in [-0.2, 0) is 11.2 Å². The molecule has 0 fully saturated rings. The minimum atomic E-state index is -0.132. The van der Waals surface area contributed by atoms with Crippen molar-refractivity contribution >= 4 is 40.5 Å². The zero-order valence-electron chi connectivity index (χ0n) is 13.2. The van der Waals surface area contributed by atoms with Crippen LogP contribution in [0.25, 0.3) is 0 Å². The van der Waals surface area contributed by atoms with Crippen LogP contribution in [0.5, 0.6) is 0 Å². The van der Waals surface area contributed by atoms with Crippen molar-refractivity contribution in [3.8, 4) is 0 Å². The Morgan fingerprint density at radius 3 is 2.61 bits per heavy atom. The van der Waals surface area contributed by atoms with Crippen molar-refractivity contribution in [3.63, 3.8) is 0 Å². The summed E-state index contributed by atoms with van der Waals surface area (Å²) in [6.07, 6.45) is 0.913. The predicted molar refractivity (Wildman–Crippen MR) is 100 cm³/mol. The Balaban J connectivity index is 1.86. The van der Waals surface area contributed by atoms with Crippen LogP contribution in [0.3, 0.4) is 0 Å². The lowest BCUT2D eigenvalue weighted by molar-refractivity contribution is -0.119. The molecule has 1 amide bonds. The molecule has 3 nitrogen and oxygen atoms in total. The highest BCUT2D eigenvalue weighted by Gasteiger charge is 2.08. The molecule has 2 aromatic rings. The lowest BCUT2D eigenvalue weighted by Gasteiger charge is -2.13. The first-order valence-corrected chi connectivity index (χ1v) is 8.16. The summed E-state index contributed by atoms with van der Waals surface area (Å²) in [7, 11) is 0. The molecule has 0 radical (unpaired) electrons. The molecule has 0 unspecified atom stereocenters. The molecule has 0 heterocycles. The van der Waals surface area contributed by atoms with Crippen molar-refractivity contribution in [1.82, 2.24) is 5.32 Å². The third-order valence-electron chi connectivity index (χ3n) is 3.69. The quantitative estimate of drug-likeness (QED) is 0.806. The molecular formula is C18H19ClN2OS. The molecule has 0 atom stereocenters. The van der Waals surface area contributed by atoms with Crippen molar-refractivity contribution in [3.05, 3.63) is 64.2 Å². The first kappa shape index (κ1) is 17.4. The molecule has 23 heavy (non-hydrogen) atoms. The summed E-state index contributed by atoms with van der Waals surface area (Å²) in [5.74, 6) is -0.132. The van der Waals surface area contributed by atoms with Crippen LogP contribution in [0.1, 0.15) is 23.1 Å². The summed E-state index contributed by atoms with van der Waals surface area (Å²) in [4.78, 5) is 12.0. The average Bonchev–Trinajstić information content (AvgIpc) is 2.51. The highest BCUT2D eigenvalue weighted by atomic mass is 35.5. The zero-order chi connectivity index (χ0) is 16.8. The van der Waals surface area contributed by atoms with Crippen LogP contribution in [0, 0.1) is 13.8 Å². The van der Waals surface area contributed by atoms with Crippen molar-refractivity contribution < 1.29 is 4.79 Å². The van der Waals surface area contributed by atoms with E-state index in [1.54, 1.807) is 0 Å². The molecular weight excluding hydrogens is 328 g/mol. The van der Waals surface area contributed by atoms with E-state index in [0.717, 1.165) is 16.8 Å². The summed E-state index contributed by atoms with van der Waals surface area (Å²) in [6.45, 7) is 4.05. The first-order valence-electron chi connectivity index (χ1n) is 7.38. The molecule has 0 aliphatic rings. The number of carbonyl (C=O) groups excluding carboxylic acids is 1. The van der Waals surface area contributed by atoms with E-state index in [2.05, 4.69) is 10.6 Å². The standard InChI is InChI=1S/C18H19ClN2OS/c1-12-6-5-9-16(13(12)2)20-18(23)21-17(22)11-10-14-7-3-4-8-15(14)19/h3-9H,10-11H2,1-2H3,(H2,20,21,22,23). The van der Waals surface area contributed by atoms with Gasteiger partial charge in [0, 0.05) is 17.1 Å². The number of anilines is 1. The van der Waals surface area contributed by atoms with E-state index in [9.17, 15) is 4.79 Å². The minimum Gasteiger partial charge on any atom is -0.332 e. The number of carbonyl (C=O) groups is 1. The largest absolute Gasteiger partial charge is 0.332 e. The van der Waals surface area contributed by atoms with Gasteiger partial charge in [0.05, 0.1) is 0 Å². The summed E-state index contributed by atoms with van der Waals surface area (Å²) >= 11 is 11.3. The Bertz CT molecular complexity index is 731. The van der Waals surface area contributed by atoms with E-state index in [1.165, 1.54) is 5.56 Å². The van der Waals surface area contributed by atoms with Crippen LogP contribution in [0.4, 0.5) is 5.69 Å². The first-order chi connectivity index (χ1) is 11.0. The summed E-state index contributed by atoms with van der Waals surface area (Å²) < 4.78 is 0. The Hall–Kier alpha value is -1.91. The maximum absolute atomic E-state index is 12.0. The van der Waals surface area contributed by atoms with Gasteiger partial charge in [0.15, 0.2) is 5.11 Å². The minimum absolute atomic E-state index is 0.132. The summed E-state index contributed by atoms with van der Waals surface area (Å²) in [5.41, 5.74) is 4.14. The Kier molecular flexibility index (Phi) is 6.13. The van der Waals surface area contributed by atoms with Crippen molar-refractivity contribution in [1.29, 1.82) is 0 Å². The van der Waals surface area contributed by atoms with Crippen molar-refractivity contribution in [2.24, 2.45) is 0 Å². The number of hydrogen-bond donors (Lipinski definition) is 2. The van der Waals surface area contributed by atoms with Gasteiger partial charge in [0.2, 0.25) is 5.91 Å². The van der Waals surface area contributed by atoms with E-state index in [1.807, 2.05) is 56.3 Å². The number of thiocarbonyl (C=S) groups is 1. The lowest BCUT2D eigenvalue weighted by Crippen LogP contribution is -2.34. The maximum Gasteiger partial charge on any atom is 0.226 e. The predicted octanol–water partition coefficient (Wildman–Crippen LogP) is 4.40. The van der Waals surface area contributed by atoms with Crippen LogP contribution in [0.2, 0.25) is 5.02 Å². The number of rotatable bonds is 4. The van der Waals surface area contributed by atoms with Gasteiger partial charge in [-0.25, -0.2) is 0 Å². The molecule has 0 aliphatic heterocycles. The molecule has 0 spiro atoms. The average molecular weight is 347 g/mol. The molecule has 120 valence electrons. The van der Waals surface area contributed by atoms with Gasteiger partial charge in [-0.2, -0.15) is 0 Å². The molecule has 2 rings (SSSR count). The van der Waals surface area contributed by atoms with E-state index < -0.39 is 0 Å². The molecule has 0 bridgehead atoms. The van der Waals surface area contributed by atoms with Crippen LogP contribution in [-0.4, -0.2) is 11.0 Å². The van der Waals surface area contributed by atoms with Gasteiger partial charge < -0.3 is 10.6 Å². The van der Waals surface area contributed by atoms with Crippen LogP contribution < -0.4 is 10.6 Å². The highest BCUT2D eigenvalue weighted by molar-refractivity contribution is 7.80. The SMILES string of the molecule is Cc1cccc(NC(=S)NC(=O)CCc2ccccc2Cl)c1C. The van der Waals surface area contributed by atoms with E-state index in [-0.39, 0.29) is 5.91 Å². The third-order valence-corrected chi connectivity index (χ3v) is 4.26. The van der Waals surface area contributed by atoms with E-state index >= 15 is 0 Å². The lowest BCUT2D eigenvalue weighted by atomic mass is 10.1. The van der Waals surface area contributed by atoms with E-state index in [0.29, 0.717) is 23.0 Å². The van der Waals surface area contributed by atoms with Gasteiger partial charge in [-0.3, -0.25) is 4.79 Å². The Labute approximate surface area is 147 Å². The van der Waals surface area contributed by atoms with Crippen molar-refractivity contribution in [2.75, 3.05) is 5.32 Å².